The average Bonchev–Trinajstić information content (AvgIpc) is 2.69. The highest BCUT2D eigenvalue weighted by Gasteiger charge is 2.21. The van der Waals surface area contributed by atoms with E-state index in [-0.39, 0.29) is 11.9 Å². The molecule has 1 aromatic carbocycles. The first-order chi connectivity index (χ1) is 9.02. The smallest absolute Gasteiger partial charge is 0.123 e. The Kier molecular flexibility index (Phi) is 5.26. The molecule has 1 N–H and O–H groups in total. The lowest BCUT2D eigenvalue weighted by atomic mass is 10.0. The van der Waals surface area contributed by atoms with Gasteiger partial charge in [0.1, 0.15) is 5.82 Å². The number of hydrogen-bond acceptors (Lipinski definition) is 2. The van der Waals surface area contributed by atoms with E-state index in [1.54, 1.807) is 6.07 Å². The topological polar surface area (TPSA) is 12.0 Å². The van der Waals surface area contributed by atoms with Crippen LogP contribution in [0.25, 0.3) is 0 Å². The fourth-order valence-electron chi connectivity index (χ4n) is 1.88. The minimum Gasteiger partial charge on any atom is -0.306 e. The summed E-state index contributed by atoms with van der Waals surface area (Å²) < 4.78 is 15.5. The molecule has 1 aromatic heterocycles. The van der Waals surface area contributed by atoms with Gasteiger partial charge in [-0.15, -0.1) is 11.3 Å². The van der Waals surface area contributed by atoms with Crippen molar-refractivity contribution in [1.82, 2.24) is 5.32 Å². The van der Waals surface area contributed by atoms with Gasteiger partial charge in [-0.2, -0.15) is 0 Å². The van der Waals surface area contributed by atoms with Gasteiger partial charge >= 0.3 is 0 Å². The van der Waals surface area contributed by atoms with E-state index in [0.29, 0.717) is 8.67 Å². The van der Waals surface area contributed by atoms with Crippen LogP contribution >= 0.6 is 50.5 Å². The predicted molar refractivity (Wildman–Crippen MR) is 84.0 cm³/mol. The molecule has 0 fully saturated rings. The predicted octanol–water partition coefficient (Wildman–Crippen LogP) is 5.66. The Bertz CT molecular complexity index is 588. The molecule has 0 spiro atoms. The molecule has 1 atom stereocenters. The molecule has 2 aromatic rings. The molecule has 1 unspecified atom stereocenters. The summed E-state index contributed by atoms with van der Waals surface area (Å²) in [5.41, 5.74) is 1.67. The average molecular weight is 383 g/mol. The van der Waals surface area contributed by atoms with Gasteiger partial charge in [-0.3, -0.25) is 0 Å². The van der Waals surface area contributed by atoms with Crippen molar-refractivity contribution in [1.29, 1.82) is 0 Å². The normalized spacial score (nSPS) is 12.7. The maximum absolute atomic E-state index is 13.5. The second-order valence-corrected chi connectivity index (χ2v) is 7.08. The van der Waals surface area contributed by atoms with Crippen LogP contribution in [-0.2, 0) is 0 Å². The molecule has 0 aliphatic heterocycles. The number of thiophene rings is 1. The molecule has 102 valence electrons. The number of benzene rings is 1. The van der Waals surface area contributed by atoms with Gasteiger partial charge in [0.2, 0.25) is 0 Å². The van der Waals surface area contributed by atoms with E-state index >= 15 is 0 Å². The summed E-state index contributed by atoms with van der Waals surface area (Å²) in [6.45, 7) is 2.72. The highest BCUT2D eigenvalue weighted by Crippen LogP contribution is 2.39. The van der Waals surface area contributed by atoms with Crippen molar-refractivity contribution >= 4 is 50.5 Å². The molecule has 0 saturated heterocycles. The molecule has 1 heterocycles. The van der Waals surface area contributed by atoms with Crippen molar-refractivity contribution in [2.75, 3.05) is 6.54 Å². The summed E-state index contributed by atoms with van der Waals surface area (Å²) in [7, 11) is 0. The molecule has 2 rings (SSSR count). The Morgan fingerprint density at radius 2 is 2.05 bits per heavy atom. The van der Waals surface area contributed by atoms with Gasteiger partial charge < -0.3 is 5.32 Å². The molecule has 0 aliphatic rings. The molecule has 6 heteroatoms. The highest BCUT2D eigenvalue weighted by atomic mass is 79.9. The van der Waals surface area contributed by atoms with E-state index in [1.807, 2.05) is 13.0 Å². The highest BCUT2D eigenvalue weighted by molar-refractivity contribution is 9.10. The quantitative estimate of drug-likeness (QED) is 0.719. The Morgan fingerprint density at radius 3 is 2.63 bits per heavy atom. The summed E-state index contributed by atoms with van der Waals surface area (Å²) >= 11 is 17.0. The van der Waals surface area contributed by atoms with Crippen LogP contribution in [-0.4, -0.2) is 6.54 Å². The van der Waals surface area contributed by atoms with E-state index in [4.69, 9.17) is 23.2 Å². The minimum absolute atomic E-state index is 0.189. The molecule has 0 saturated carbocycles. The lowest BCUT2D eigenvalue weighted by molar-refractivity contribution is 0.602. The monoisotopic (exact) mass is 381 g/mol. The van der Waals surface area contributed by atoms with Crippen molar-refractivity contribution in [2.24, 2.45) is 0 Å². The van der Waals surface area contributed by atoms with Crippen LogP contribution in [0.3, 0.4) is 0 Å². The van der Waals surface area contributed by atoms with E-state index in [2.05, 4.69) is 21.2 Å². The van der Waals surface area contributed by atoms with Crippen LogP contribution in [0.5, 0.6) is 0 Å². The van der Waals surface area contributed by atoms with Crippen LogP contribution < -0.4 is 5.32 Å². The number of hydrogen-bond donors (Lipinski definition) is 1. The molecule has 0 bridgehead atoms. The Balaban J connectivity index is 2.51. The Labute approximate surface area is 133 Å². The summed E-state index contributed by atoms with van der Waals surface area (Å²) in [5, 5.41) is 3.30. The zero-order valence-electron chi connectivity index (χ0n) is 10.0. The largest absolute Gasteiger partial charge is 0.306 e. The second kappa shape index (κ2) is 6.55. The maximum atomic E-state index is 13.5. The van der Waals surface area contributed by atoms with Gasteiger partial charge in [-0.25, -0.2) is 4.39 Å². The van der Waals surface area contributed by atoms with Gasteiger partial charge in [0.25, 0.3) is 0 Å². The van der Waals surface area contributed by atoms with Gasteiger partial charge in [0, 0.05) is 10.0 Å². The molecule has 0 radical (unpaired) electrons. The standard InChI is InChI=1S/C13H11BrCl2FNS/c1-2-18-12(9-6-11(15)19-13(9)16)8-5-7(17)3-4-10(8)14/h3-6,12,18H,2H2,1H3. The third-order valence-corrected chi connectivity index (χ3v) is 4.91. The zero-order valence-corrected chi connectivity index (χ0v) is 13.9. The lowest BCUT2D eigenvalue weighted by Crippen LogP contribution is -2.22. The van der Waals surface area contributed by atoms with Gasteiger partial charge in [-0.05, 0) is 36.4 Å². The van der Waals surface area contributed by atoms with Crippen molar-refractivity contribution in [3.05, 3.63) is 54.4 Å². The summed E-state index contributed by atoms with van der Waals surface area (Å²) in [5.74, 6) is -0.279. The van der Waals surface area contributed by atoms with E-state index in [1.165, 1.54) is 23.5 Å². The molecular formula is C13H11BrCl2FNS. The molecule has 19 heavy (non-hydrogen) atoms. The first-order valence-electron chi connectivity index (χ1n) is 5.66. The molecule has 1 nitrogen and oxygen atoms in total. The minimum atomic E-state index is -0.279. The SMILES string of the molecule is CCNC(c1cc(F)ccc1Br)c1cc(Cl)sc1Cl. The first kappa shape index (κ1) is 15.3. The maximum Gasteiger partial charge on any atom is 0.123 e. The van der Waals surface area contributed by atoms with Crippen molar-refractivity contribution in [2.45, 2.75) is 13.0 Å². The van der Waals surface area contributed by atoms with Gasteiger partial charge in [0.15, 0.2) is 0 Å². The van der Waals surface area contributed by atoms with Gasteiger partial charge in [0.05, 0.1) is 14.7 Å². The summed E-state index contributed by atoms with van der Waals surface area (Å²) in [4.78, 5) is 0. The van der Waals surface area contributed by atoms with Crippen LogP contribution in [0.15, 0.2) is 28.7 Å². The van der Waals surface area contributed by atoms with E-state index in [9.17, 15) is 4.39 Å². The summed E-state index contributed by atoms with van der Waals surface area (Å²) in [6, 6.07) is 6.24. The van der Waals surface area contributed by atoms with Crippen molar-refractivity contribution < 1.29 is 4.39 Å². The fraction of sp³-hybridized carbons (Fsp3) is 0.231. The Morgan fingerprint density at radius 1 is 1.32 bits per heavy atom. The molecule has 0 aliphatic carbocycles. The Hall–Kier alpha value is -0.130. The number of rotatable bonds is 4. The number of halogens is 4. The zero-order chi connectivity index (χ0) is 14.0. The lowest BCUT2D eigenvalue weighted by Gasteiger charge is -2.19. The molecular weight excluding hydrogens is 372 g/mol. The summed E-state index contributed by atoms with van der Waals surface area (Å²) in [6.07, 6.45) is 0. The van der Waals surface area contributed by atoms with Crippen LogP contribution in [0, 0.1) is 5.82 Å². The van der Waals surface area contributed by atoms with Crippen molar-refractivity contribution in [3.63, 3.8) is 0 Å². The fourth-order valence-corrected chi connectivity index (χ4v) is 3.88. The number of nitrogens with one attached hydrogen (secondary N) is 1. The van der Waals surface area contributed by atoms with Crippen LogP contribution in [0.4, 0.5) is 4.39 Å². The second-order valence-electron chi connectivity index (χ2n) is 3.94. The third-order valence-electron chi connectivity index (χ3n) is 2.67. The van der Waals surface area contributed by atoms with Crippen LogP contribution in [0.1, 0.15) is 24.1 Å². The van der Waals surface area contributed by atoms with E-state index in [0.717, 1.165) is 22.1 Å². The molecule has 0 amide bonds. The van der Waals surface area contributed by atoms with E-state index < -0.39 is 0 Å². The third kappa shape index (κ3) is 3.50. The first-order valence-corrected chi connectivity index (χ1v) is 8.02. The van der Waals surface area contributed by atoms with Crippen molar-refractivity contribution in [3.8, 4) is 0 Å². The van der Waals surface area contributed by atoms with Crippen LogP contribution in [0.2, 0.25) is 8.67 Å². The van der Waals surface area contributed by atoms with Gasteiger partial charge in [-0.1, -0.05) is 46.1 Å².